The van der Waals surface area contributed by atoms with Gasteiger partial charge in [0.05, 0.1) is 5.60 Å². The van der Waals surface area contributed by atoms with E-state index in [0.717, 1.165) is 19.3 Å². The van der Waals surface area contributed by atoms with Crippen LogP contribution < -0.4 is 0 Å². The molecule has 0 radical (unpaired) electrons. The van der Waals surface area contributed by atoms with Gasteiger partial charge in [-0.15, -0.1) is 0 Å². The molecule has 112 valence electrons. The van der Waals surface area contributed by atoms with E-state index in [2.05, 4.69) is 0 Å². The highest BCUT2D eigenvalue weighted by molar-refractivity contribution is 7.80. The summed E-state index contributed by atoms with van der Waals surface area (Å²) in [5.74, 6) is 1.87. The number of rotatable bonds is 2. The monoisotopic (exact) mass is 291 g/mol. The summed E-state index contributed by atoms with van der Waals surface area (Å²) in [5, 5.41) is 0. The molecule has 4 fully saturated rings. The summed E-state index contributed by atoms with van der Waals surface area (Å²) in [6, 6.07) is 0. The van der Waals surface area contributed by atoms with Crippen LogP contribution in [0.3, 0.4) is 0 Å². The molecule has 0 spiro atoms. The Bertz CT molecular complexity index is 380. The molecular weight excluding hydrogens is 266 g/mol. The lowest BCUT2D eigenvalue weighted by Crippen LogP contribution is -2.52. The zero-order chi connectivity index (χ0) is 14.3. The van der Waals surface area contributed by atoms with Gasteiger partial charge in [-0.3, -0.25) is 4.55 Å². The average molecular weight is 291 g/mol. The van der Waals surface area contributed by atoms with Gasteiger partial charge in [0.25, 0.3) is 0 Å². The molecule has 0 heterocycles. The standard InChI is InChI=1S/C10H16O4S.C3H9N/c11-15(12,13)14-10-4-7-1-8(5-10)3-9(2-7)6-10;1-4(2)3/h7-9H,1-6H2,(H,11,12,13);1-3H3. The van der Waals surface area contributed by atoms with Gasteiger partial charge >= 0.3 is 10.4 Å². The fourth-order valence-corrected chi connectivity index (χ4v) is 5.01. The molecule has 1 N–H and O–H groups in total. The van der Waals surface area contributed by atoms with E-state index < -0.39 is 16.0 Å². The molecule has 0 aromatic carbocycles. The van der Waals surface area contributed by atoms with Crippen LogP contribution in [0.2, 0.25) is 0 Å². The van der Waals surface area contributed by atoms with E-state index in [1.807, 2.05) is 26.0 Å². The number of hydrogen-bond donors (Lipinski definition) is 1. The molecule has 0 aromatic heterocycles. The van der Waals surface area contributed by atoms with E-state index in [-0.39, 0.29) is 0 Å². The highest BCUT2D eigenvalue weighted by atomic mass is 32.3. The smallest absolute Gasteiger partial charge is 0.312 e. The largest absolute Gasteiger partial charge is 0.397 e. The highest BCUT2D eigenvalue weighted by Gasteiger charge is 2.53. The Labute approximate surface area is 116 Å². The van der Waals surface area contributed by atoms with Gasteiger partial charge in [-0.2, -0.15) is 8.42 Å². The van der Waals surface area contributed by atoms with Gasteiger partial charge in [-0.05, 0) is 77.4 Å². The van der Waals surface area contributed by atoms with Crippen LogP contribution in [-0.2, 0) is 14.6 Å². The van der Waals surface area contributed by atoms with Crippen LogP contribution in [0.25, 0.3) is 0 Å². The molecule has 0 aromatic rings. The summed E-state index contributed by atoms with van der Waals surface area (Å²) in [7, 11) is 1.71. The van der Waals surface area contributed by atoms with Crippen molar-refractivity contribution in [3.05, 3.63) is 0 Å². The summed E-state index contributed by atoms with van der Waals surface area (Å²) >= 11 is 0. The topological polar surface area (TPSA) is 66.8 Å². The Morgan fingerprint density at radius 2 is 1.32 bits per heavy atom. The predicted molar refractivity (Wildman–Crippen MR) is 73.1 cm³/mol. The summed E-state index contributed by atoms with van der Waals surface area (Å²) in [6.07, 6.45) is 6.15. The lowest BCUT2D eigenvalue weighted by molar-refractivity contribution is -0.108. The van der Waals surface area contributed by atoms with Crippen LogP contribution in [0.5, 0.6) is 0 Å². The van der Waals surface area contributed by atoms with Gasteiger partial charge in [-0.1, -0.05) is 0 Å². The van der Waals surface area contributed by atoms with Crippen LogP contribution in [0.4, 0.5) is 0 Å². The Hall–Kier alpha value is -0.170. The van der Waals surface area contributed by atoms with Crippen molar-refractivity contribution >= 4 is 10.4 Å². The van der Waals surface area contributed by atoms with Crippen LogP contribution in [0, 0.1) is 17.8 Å². The second-order valence-electron chi connectivity index (χ2n) is 6.95. The minimum Gasteiger partial charge on any atom is -0.312 e. The van der Waals surface area contributed by atoms with Gasteiger partial charge in [0, 0.05) is 0 Å². The molecule has 0 unspecified atom stereocenters. The summed E-state index contributed by atoms with van der Waals surface area (Å²) in [6.45, 7) is 0. The van der Waals surface area contributed by atoms with Crippen LogP contribution >= 0.6 is 0 Å². The molecule has 4 saturated carbocycles. The maximum absolute atomic E-state index is 10.8. The van der Waals surface area contributed by atoms with Crippen molar-refractivity contribution in [2.45, 2.75) is 44.1 Å². The van der Waals surface area contributed by atoms with Crippen molar-refractivity contribution < 1.29 is 17.2 Å². The third-order valence-electron chi connectivity index (χ3n) is 4.26. The third kappa shape index (κ3) is 4.15. The van der Waals surface area contributed by atoms with Crippen molar-refractivity contribution in [2.24, 2.45) is 17.8 Å². The Balaban J connectivity index is 0.000000297. The quantitative estimate of drug-likeness (QED) is 0.788. The first-order chi connectivity index (χ1) is 8.67. The molecule has 0 atom stereocenters. The lowest BCUT2D eigenvalue weighted by atomic mass is 9.54. The Morgan fingerprint density at radius 1 is 1.00 bits per heavy atom. The predicted octanol–water partition coefficient (Wildman–Crippen LogP) is 1.95. The van der Waals surface area contributed by atoms with Crippen molar-refractivity contribution in [2.75, 3.05) is 21.1 Å². The molecule has 4 aliphatic rings. The van der Waals surface area contributed by atoms with Gasteiger partial charge < -0.3 is 4.90 Å². The maximum Gasteiger partial charge on any atom is 0.397 e. The summed E-state index contributed by atoms with van der Waals surface area (Å²) < 4.78 is 35.5. The zero-order valence-corrected chi connectivity index (χ0v) is 12.8. The molecule has 0 aliphatic heterocycles. The zero-order valence-electron chi connectivity index (χ0n) is 12.0. The molecule has 0 amide bonds. The molecule has 4 aliphatic carbocycles. The molecule has 6 heteroatoms. The molecular formula is C13H25NO4S. The Morgan fingerprint density at radius 3 is 1.58 bits per heavy atom. The molecule has 4 bridgehead atoms. The Kier molecular flexibility index (Phi) is 4.26. The second-order valence-corrected chi connectivity index (χ2v) is 7.98. The van der Waals surface area contributed by atoms with E-state index in [1.165, 1.54) is 19.3 Å². The van der Waals surface area contributed by atoms with E-state index in [9.17, 15) is 8.42 Å². The third-order valence-corrected chi connectivity index (χ3v) is 4.83. The first kappa shape index (κ1) is 15.2. The minimum absolute atomic E-state index is 0.553. The van der Waals surface area contributed by atoms with E-state index in [0.29, 0.717) is 17.8 Å². The summed E-state index contributed by atoms with van der Waals surface area (Å²) in [4.78, 5) is 2.00. The molecule has 5 nitrogen and oxygen atoms in total. The van der Waals surface area contributed by atoms with Gasteiger partial charge in [0.15, 0.2) is 0 Å². The number of nitrogens with zero attached hydrogens (tertiary/aromatic N) is 1. The second kappa shape index (κ2) is 5.31. The fraction of sp³-hybridized carbons (Fsp3) is 1.00. The van der Waals surface area contributed by atoms with E-state index in [1.54, 1.807) is 0 Å². The lowest BCUT2D eigenvalue weighted by Gasteiger charge is -2.55. The first-order valence-corrected chi connectivity index (χ1v) is 8.33. The average Bonchev–Trinajstić information content (AvgIpc) is 2.08. The van der Waals surface area contributed by atoms with Gasteiger partial charge in [-0.25, -0.2) is 4.18 Å². The first-order valence-electron chi connectivity index (χ1n) is 6.96. The van der Waals surface area contributed by atoms with Crippen molar-refractivity contribution in [3.63, 3.8) is 0 Å². The molecule has 0 saturated heterocycles. The van der Waals surface area contributed by atoms with Crippen molar-refractivity contribution in [3.8, 4) is 0 Å². The molecule has 19 heavy (non-hydrogen) atoms. The van der Waals surface area contributed by atoms with E-state index >= 15 is 0 Å². The van der Waals surface area contributed by atoms with Gasteiger partial charge in [0.2, 0.25) is 0 Å². The van der Waals surface area contributed by atoms with Gasteiger partial charge in [0.1, 0.15) is 0 Å². The van der Waals surface area contributed by atoms with Crippen LogP contribution in [-0.4, -0.2) is 44.6 Å². The van der Waals surface area contributed by atoms with E-state index in [4.69, 9.17) is 8.74 Å². The summed E-state index contributed by atoms with van der Waals surface area (Å²) in [5.41, 5.74) is -0.553. The highest BCUT2D eigenvalue weighted by Crippen LogP contribution is 2.57. The minimum atomic E-state index is -4.29. The van der Waals surface area contributed by atoms with Crippen molar-refractivity contribution in [1.29, 1.82) is 0 Å². The normalized spacial score (nSPS) is 40.2. The van der Waals surface area contributed by atoms with Crippen LogP contribution in [0.15, 0.2) is 0 Å². The maximum atomic E-state index is 10.8. The SMILES string of the molecule is CN(C)C.O=S(=O)(O)OC12CC3CC(CC(C3)C1)C2. The van der Waals surface area contributed by atoms with Crippen LogP contribution in [0.1, 0.15) is 38.5 Å². The van der Waals surface area contributed by atoms with Crippen molar-refractivity contribution in [1.82, 2.24) is 4.90 Å². The number of hydrogen-bond acceptors (Lipinski definition) is 4. The fourth-order valence-electron chi connectivity index (χ4n) is 4.36. The molecule has 4 rings (SSSR count).